The zero-order valence-electron chi connectivity index (χ0n) is 6.46. The van der Waals surface area contributed by atoms with Gasteiger partial charge in [0.2, 0.25) is 5.91 Å². The van der Waals surface area contributed by atoms with Crippen LogP contribution in [0.2, 0.25) is 0 Å². The minimum atomic E-state index is -0.0932. The number of carbonyl (C=O) groups excluding carboxylic acids is 1. The monoisotopic (exact) mass is 143 g/mol. The fraction of sp³-hybridized carbons (Fsp3) is 0.571. The van der Waals surface area contributed by atoms with Gasteiger partial charge in [0, 0.05) is 13.7 Å². The van der Waals surface area contributed by atoms with Gasteiger partial charge in [0.1, 0.15) is 6.73 Å². The molecule has 3 heteroatoms. The van der Waals surface area contributed by atoms with E-state index in [1.54, 1.807) is 12.0 Å². The van der Waals surface area contributed by atoms with Crippen LogP contribution in [0.3, 0.4) is 0 Å². The fourth-order valence-electron chi connectivity index (χ4n) is 0.596. The third-order valence-corrected chi connectivity index (χ3v) is 1.15. The number of ether oxygens (including phenoxy) is 1. The number of methoxy groups -OCH3 is 1. The molecule has 0 atom stereocenters. The van der Waals surface area contributed by atoms with Crippen molar-refractivity contribution < 1.29 is 9.53 Å². The first-order chi connectivity index (χ1) is 4.76. The Bertz CT molecular complexity index is 123. The van der Waals surface area contributed by atoms with Crippen molar-refractivity contribution in [2.24, 2.45) is 0 Å². The highest BCUT2D eigenvalue weighted by Gasteiger charge is 2.04. The smallest absolute Gasteiger partial charge is 0.247 e. The van der Waals surface area contributed by atoms with Crippen molar-refractivity contribution in [1.29, 1.82) is 0 Å². The van der Waals surface area contributed by atoms with Gasteiger partial charge in [-0.2, -0.15) is 0 Å². The molecule has 0 heterocycles. The van der Waals surface area contributed by atoms with Crippen molar-refractivity contribution in [2.45, 2.75) is 6.92 Å². The highest BCUT2D eigenvalue weighted by molar-refractivity contribution is 5.86. The van der Waals surface area contributed by atoms with E-state index < -0.39 is 0 Å². The summed E-state index contributed by atoms with van der Waals surface area (Å²) >= 11 is 0. The standard InChI is InChI=1S/C7H13NO2/c1-4-7(9)8(5-2)6-10-3/h4H,1,5-6H2,2-3H3. The maximum Gasteiger partial charge on any atom is 0.247 e. The minimum Gasteiger partial charge on any atom is -0.364 e. The number of hydrogen-bond donors (Lipinski definition) is 0. The van der Waals surface area contributed by atoms with Crippen LogP contribution >= 0.6 is 0 Å². The maximum atomic E-state index is 10.9. The molecule has 3 nitrogen and oxygen atoms in total. The molecule has 0 radical (unpaired) electrons. The van der Waals surface area contributed by atoms with Crippen LogP contribution in [0.4, 0.5) is 0 Å². The molecule has 0 rings (SSSR count). The second-order valence-electron chi connectivity index (χ2n) is 1.82. The van der Waals surface area contributed by atoms with E-state index >= 15 is 0 Å². The Morgan fingerprint density at radius 2 is 2.40 bits per heavy atom. The summed E-state index contributed by atoms with van der Waals surface area (Å²) in [5, 5.41) is 0. The molecule has 0 aliphatic carbocycles. The largest absolute Gasteiger partial charge is 0.364 e. The number of nitrogens with zero attached hydrogens (tertiary/aromatic N) is 1. The van der Waals surface area contributed by atoms with Crippen LogP contribution < -0.4 is 0 Å². The van der Waals surface area contributed by atoms with Crippen LogP contribution in [0, 0.1) is 0 Å². The van der Waals surface area contributed by atoms with E-state index in [1.807, 2.05) is 6.92 Å². The van der Waals surface area contributed by atoms with Crippen molar-refractivity contribution in [2.75, 3.05) is 20.4 Å². The molecule has 0 aromatic heterocycles. The van der Waals surface area contributed by atoms with Gasteiger partial charge in [0.05, 0.1) is 0 Å². The molecule has 0 fully saturated rings. The van der Waals surface area contributed by atoms with Crippen molar-refractivity contribution in [1.82, 2.24) is 4.90 Å². The Kier molecular flexibility index (Phi) is 4.58. The third kappa shape index (κ3) is 2.64. The molecule has 10 heavy (non-hydrogen) atoms. The topological polar surface area (TPSA) is 29.5 Å². The number of carbonyl (C=O) groups is 1. The molecule has 0 aromatic rings. The van der Waals surface area contributed by atoms with Gasteiger partial charge in [-0.05, 0) is 13.0 Å². The van der Waals surface area contributed by atoms with E-state index in [2.05, 4.69) is 6.58 Å². The third-order valence-electron chi connectivity index (χ3n) is 1.15. The second-order valence-corrected chi connectivity index (χ2v) is 1.82. The molecule has 0 aliphatic heterocycles. The lowest BCUT2D eigenvalue weighted by atomic mass is 10.5. The van der Waals surface area contributed by atoms with E-state index in [4.69, 9.17) is 4.74 Å². The lowest BCUT2D eigenvalue weighted by Gasteiger charge is -2.16. The second kappa shape index (κ2) is 4.99. The van der Waals surface area contributed by atoms with Crippen LogP contribution in [0.25, 0.3) is 0 Å². The molecule has 0 aliphatic rings. The molecule has 1 amide bonds. The molecule has 0 unspecified atom stereocenters. The summed E-state index contributed by atoms with van der Waals surface area (Å²) in [7, 11) is 1.55. The summed E-state index contributed by atoms with van der Waals surface area (Å²) in [6.45, 7) is 6.24. The van der Waals surface area contributed by atoms with Gasteiger partial charge in [-0.25, -0.2) is 0 Å². The first-order valence-electron chi connectivity index (χ1n) is 3.16. The van der Waals surface area contributed by atoms with Crippen molar-refractivity contribution in [3.05, 3.63) is 12.7 Å². The van der Waals surface area contributed by atoms with E-state index in [0.29, 0.717) is 13.3 Å². The molecule has 0 saturated carbocycles. The Morgan fingerprint density at radius 3 is 2.70 bits per heavy atom. The lowest BCUT2D eigenvalue weighted by Crippen LogP contribution is -2.30. The Hall–Kier alpha value is -0.830. The molecule has 0 N–H and O–H groups in total. The van der Waals surface area contributed by atoms with Crippen molar-refractivity contribution in [3.63, 3.8) is 0 Å². The van der Waals surface area contributed by atoms with E-state index in [-0.39, 0.29) is 5.91 Å². The summed E-state index contributed by atoms with van der Waals surface area (Å²) in [5.74, 6) is -0.0932. The summed E-state index contributed by atoms with van der Waals surface area (Å²) in [4.78, 5) is 12.4. The van der Waals surface area contributed by atoms with Gasteiger partial charge in [0.15, 0.2) is 0 Å². The molecule has 0 bridgehead atoms. The molecule has 0 aromatic carbocycles. The fourth-order valence-corrected chi connectivity index (χ4v) is 0.596. The molecular weight excluding hydrogens is 130 g/mol. The predicted molar refractivity (Wildman–Crippen MR) is 39.5 cm³/mol. The first kappa shape index (κ1) is 9.17. The van der Waals surface area contributed by atoms with Gasteiger partial charge in [-0.1, -0.05) is 6.58 Å². The van der Waals surface area contributed by atoms with Crippen LogP contribution in [0.15, 0.2) is 12.7 Å². The zero-order chi connectivity index (χ0) is 7.98. The van der Waals surface area contributed by atoms with Crippen LogP contribution in [-0.4, -0.2) is 31.2 Å². The quantitative estimate of drug-likeness (QED) is 0.426. The highest BCUT2D eigenvalue weighted by atomic mass is 16.5. The van der Waals surface area contributed by atoms with E-state index in [0.717, 1.165) is 0 Å². The van der Waals surface area contributed by atoms with Crippen LogP contribution in [0.5, 0.6) is 0 Å². The van der Waals surface area contributed by atoms with Gasteiger partial charge in [0.25, 0.3) is 0 Å². The van der Waals surface area contributed by atoms with Gasteiger partial charge < -0.3 is 9.64 Å². The van der Waals surface area contributed by atoms with Crippen LogP contribution in [0.1, 0.15) is 6.92 Å². The Balaban J connectivity index is 3.79. The molecular formula is C7H13NO2. The zero-order valence-corrected chi connectivity index (χ0v) is 6.46. The molecule has 0 spiro atoms. The summed E-state index contributed by atoms with van der Waals surface area (Å²) in [6.07, 6.45) is 1.28. The van der Waals surface area contributed by atoms with Gasteiger partial charge in [-0.15, -0.1) is 0 Å². The number of likely N-dealkylation sites (N-methyl/N-ethyl adjacent to an activating group) is 1. The Morgan fingerprint density at radius 1 is 1.80 bits per heavy atom. The molecule has 58 valence electrons. The van der Waals surface area contributed by atoms with Gasteiger partial charge in [-0.3, -0.25) is 4.79 Å². The van der Waals surface area contributed by atoms with Crippen molar-refractivity contribution in [3.8, 4) is 0 Å². The summed E-state index contributed by atoms with van der Waals surface area (Å²) in [6, 6.07) is 0. The average Bonchev–Trinajstić information content (AvgIpc) is 1.99. The number of rotatable bonds is 4. The highest BCUT2D eigenvalue weighted by Crippen LogP contribution is 1.89. The number of amides is 1. The van der Waals surface area contributed by atoms with Crippen molar-refractivity contribution >= 4 is 5.91 Å². The predicted octanol–water partition coefficient (Wildman–Crippen LogP) is 0.625. The SMILES string of the molecule is C=CC(=O)N(CC)COC. The summed E-state index contributed by atoms with van der Waals surface area (Å²) in [5.41, 5.74) is 0. The van der Waals surface area contributed by atoms with E-state index in [9.17, 15) is 4.79 Å². The minimum absolute atomic E-state index is 0.0932. The molecule has 0 saturated heterocycles. The van der Waals surface area contributed by atoms with Gasteiger partial charge >= 0.3 is 0 Å². The maximum absolute atomic E-state index is 10.9. The van der Waals surface area contributed by atoms with E-state index in [1.165, 1.54) is 6.08 Å². The number of hydrogen-bond acceptors (Lipinski definition) is 2. The summed E-state index contributed by atoms with van der Waals surface area (Å²) < 4.78 is 4.78. The van der Waals surface area contributed by atoms with Crippen LogP contribution in [-0.2, 0) is 9.53 Å². The Labute approximate surface area is 61.3 Å². The first-order valence-corrected chi connectivity index (χ1v) is 3.16. The average molecular weight is 143 g/mol. The lowest BCUT2D eigenvalue weighted by molar-refractivity contribution is -0.130. The normalized spacial score (nSPS) is 9.00.